The molecule has 0 aliphatic rings. The Bertz CT molecular complexity index is 166. The van der Waals surface area contributed by atoms with Gasteiger partial charge in [0.2, 0.25) is 0 Å². The molecule has 7 heteroatoms. The summed E-state index contributed by atoms with van der Waals surface area (Å²) in [6.07, 6.45) is -1.58. The van der Waals surface area contributed by atoms with Crippen LogP contribution in [0.3, 0.4) is 0 Å². The van der Waals surface area contributed by atoms with Crippen molar-refractivity contribution in [1.29, 1.82) is 0 Å². The molecule has 0 heterocycles. The smallest absolute Gasteiger partial charge is 0.377 e. The summed E-state index contributed by atoms with van der Waals surface area (Å²) in [6, 6.07) is 0. The first-order valence-electron chi connectivity index (χ1n) is 4.56. The molecule has 1 atom stereocenters. The van der Waals surface area contributed by atoms with Crippen LogP contribution in [0.5, 0.6) is 0 Å². The van der Waals surface area contributed by atoms with Crippen LogP contribution in [0.2, 0.25) is 6.55 Å². The Labute approximate surface area is 91.7 Å². The van der Waals surface area contributed by atoms with E-state index in [4.69, 9.17) is 27.5 Å². The third kappa shape index (κ3) is 4.15. The SMILES string of the molecule is CCO[Si](C)(OC)OC(OC)(OC)OC. The summed E-state index contributed by atoms with van der Waals surface area (Å²) in [5, 5.41) is 0. The van der Waals surface area contributed by atoms with Crippen LogP contribution >= 0.6 is 0 Å². The van der Waals surface area contributed by atoms with E-state index in [2.05, 4.69) is 0 Å². The normalized spacial score (nSPS) is 16.4. The monoisotopic (exact) mass is 240 g/mol. The first-order chi connectivity index (χ1) is 7.01. The van der Waals surface area contributed by atoms with Gasteiger partial charge in [0.05, 0.1) is 0 Å². The average molecular weight is 240 g/mol. The van der Waals surface area contributed by atoms with Crippen LogP contribution in [0.15, 0.2) is 0 Å². The first kappa shape index (κ1) is 15.0. The van der Waals surface area contributed by atoms with Crippen LogP contribution in [-0.4, -0.2) is 50.0 Å². The molecule has 6 nitrogen and oxygen atoms in total. The molecule has 0 fully saturated rings. The number of ether oxygens (including phenoxy) is 3. The van der Waals surface area contributed by atoms with Crippen molar-refractivity contribution in [3.05, 3.63) is 0 Å². The molecular weight excluding hydrogens is 220 g/mol. The molecule has 0 radical (unpaired) electrons. The topological polar surface area (TPSA) is 55.4 Å². The van der Waals surface area contributed by atoms with E-state index in [0.717, 1.165) is 0 Å². The highest BCUT2D eigenvalue weighted by atomic mass is 28.4. The van der Waals surface area contributed by atoms with Crippen LogP contribution in [0.1, 0.15) is 6.92 Å². The summed E-state index contributed by atoms with van der Waals surface area (Å²) in [4.78, 5) is 0. The highest BCUT2D eigenvalue weighted by Gasteiger charge is 2.46. The predicted molar refractivity (Wildman–Crippen MR) is 55.1 cm³/mol. The van der Waals surface area contributed by atoms with E-state index in [1.807, 2.05) is 6.92 Å². The van der Waals surface area contributed by atoms with Crippen LogP contribution in [-0.2, 0) is 27.5 Å². The quantitative estimate of drug-likeness (QED) is 0.462. The maximum atomic E-state index is 5.49. The van der Waals surface area contributed by atoms with Gasteiger partial charge >= 0.3 is 15.0 Å². The minimum atomic E-state index is -2.80. The lowest BCUT2D eigenvalue weighted by molar-refractivity contribution is -0.459. The summed E-state index contributed by atoms with van der Waals surface area (Å²) < 4.78 is 31.0. The van der Waals surface area contributed by atoms with Gasteiger partial charge in [0, 0.05) is 41.6 Å². The molecule has 92 valence electrons. The Morgan fingerprint density at radius 1 is 1.00 bits per heavy atom. The van der Waals surface area contributed by atoms with Crippen molar-refractivity contribution >= 4 is 8.80 Å². The van der Waals surface area contributed by atoms with Gasteiger partial charge in [0.15, 0.2) is 0 Å². The highest BCUT2D eigenvalue weighted by Crippen LogP contribution is 2.21. The Hall–Kier alpha value is -0.0231. The molecule has 0 saturated carbocycles. The van der Waals surface area contributed by atoms with Gasteiger partial charge in [-0.3, -0.25) is 4.43 Å². The van der Waals surface area contributed by atoms with Gasteiger partial charge in [-0.05, 0) is 6.92 Å². The maximum absolute atomic E-state index is 5.49. The molecule has 0 rings (SSSR count). The van der Waals surface area contributed by atoms with E-state index < -0.39 is 15.0 Å². The molecule has 0 N–H and O–H groups in total. The Kier molecular flexibility index (Phi) is 6.53. The van der Waals surface area contributed by atoms with Gasteiger partial charge < -0.3 is 23.1 Å². The summed E-state index contributed by atoms with van der Waals surface area (Å²) in [5.74, 6) is 0. The van der Waals surface area contributed by atoms with Crippen molar-refractivity contribution in [2.24, 2.45) is 0 Å². The molecule has 0 aromatic heterocycles. The van der Waals surface area contributed by atoms with Crippen LogP contribution < -0.4 is 0 Å². The van der Waals surface area contributed by atoms with Gasteiger partial charge in [-0.25, -0.2) is 0 Å². The minimum absolute atomic E-state index is 0.476. The third-order valence-electron chi connectivity index (χ3n) is 1.84. The van der Waals surface area contributed by atoms with Crippen LogP contribution in [0.4, 0.5) is 0 Å². The number of rotatable bonds is 8. The molecule has 0 spiro atoms. The zero-order valence-electron chi connectivity index (χ0n) is 10.2. The largest absolute Gasteiger partial charge is 0.503 e. The fraction of sp³-hybridized carbons (Fsp3) is 1.00. The summed E-state index contributed by atoms with van der Waals surface area (Å²) in [6.45, 7) is 4.05. The van der Waals surface area contributed by atoms with E-state index >= 15 is 0 Å². The predicted octanol–water partition coefficient (Wildman–Crippen LogP) is 0.805. The van der Waals surface area contributed by atoms with Gasteiger partial charge in [-0.1, -0.05) is 0 Å². The molecule has 0 saturated heterocycles. The molecular formula is C8H20O6Si. The second-order valence-electron chi connectivity index (χ2n) is 2.71. The third-order valence-corrected chi connectivity index (χ3v) is 4.01. The average Bonchev–Trinajstić information content (AvgIpc) is 2.27. The molecule has 1 unspecified atom stereocenters. The van der Waals surface area contributed by atoms with Crippen LogP contribution in [0, 0.1) is 0 Å². The molecule has 0 bridgehead atoms. The fourth-order valence-corrected chi connectivity index (χ4v) is 2.48. The van der Waals surface area contributed by atoms with Crippen molar-refractivity contribution in [2.75, 3.05) is 35.0 Å². The zero-order valence-corrected chi connectivity index (χ0v) is 11.2. The Morgan fingerprint density at radius 2 is 1.47 bits per heavy atom. The number of hydrogen-bond acceptors (Lipinski definition) is 6. The van der Waals surface area contributed by atoms with Crippen molar-refractivity contribution in [3.8, 4) is 0 Å². The molecule has 0 aromatic carbocycles. The second kappa shape index (κ2) is 6.54. The summed E-state index contributed by atoms with van der Waals surface area (Å²) >= 11 is 0. The van der Waals surface area contributed by atoms with Crippen molar-refractivity contribution in [1.82, 2.24) is 0 Å². The maximum Gasteiger partial charge on any atom is 0.503 e. The van der Waals surface area contributed by atoms with Crippen molar-refractivity contribution in [2.45, 2.75) is 19.6 Å². The first-order valence-corrected chi connectivity index (χ1v) is 6.78. The Balaban J connectivity index is 4.60. The van der Waals surface area contributed by atoms with Gasteiger partial charge in [0.1, 0.15) is 0 Å². The lowest BCUT2D eigenvalue weighted by Gasteiger charge is -2.34. The lowest BCUT2D eigenvalue weighted by atomic mass is 10.9. The van der Waals surface area contributed by atoms with E-state index in [1.165, 1.54) is 28.4 Å². The molecule has 0 amide bonds. The minimum Gasteiger partial charge on any atom is -0.377 e. The molecule has 0 aliphatic heterocycles. The second-order valence-corrected chi connectivity index (χ2v) is 5.34. The molecule has 0 aliphatic carbocycles. The molecule has 15 heavy (non-hydrogen) atoms. The lowest BCUT2D eigenvalue weighted by Crippen LogP contribution is -2.53. The summed E-state index contributed by atoms with van der Waals surface area (Å²) in [7, 11) is 2.93. The van der Waals surface area contributed by atoms with Crippen LogP contribution in [0.25, 0.3) is 0 Å². The highest BCUT2D eigenvalue weighted by molar-refractivity contribution is 6.59. The number of hydrogen-bond donors (Lipinski definition) is 0. The fourth-order valence-electron chi connectivity index (χ4n) is 0.994. The van der Waals surface area contributed by atoms with Gasteiger partial charge in [-0.15, -0.1) is 0 Å². The molecule has 0 aromatic rings. The van der Waals surface area contributed by atoms with Crippen molar-refractivity contribution < 1.29 is 27.5 Å². The number of methoxy groups -OCH3 is 3. The Morgan fingerprint density at radius 3 is 1.73 bits per heavy atom. The van der Waals surface area contributed by atoms with E-state index in [-0.39, 0.29) is 0 Å². The van der Waals surface area contributed by atoms with E-state index in [9.17, 15) is 0 Å². The van der Waals surface area contributed by atoms with E-state index in [1.54, 1.807) is 6.55 Å². The summed E-state index contributed by atoms with van der Waals surface area (Å²) in [5.41, 5.74) is 0. The standard InChI is InChI=1S/C8H20O6Si/c1-7-13-15(6,12-5)14-8(9-2,10-3)11-4/h7H2,1-6H3. The zero-order chi connectivity index (χ0) is 11.9. The van der Waals surface area contributed by atoms with Gasteiger partial charge in [0.25, 0.3) is 0 Å². The van der Waals surface area contributed by atoms with Crippen molar-refractivity contribution in [3.63, 3.8) is 0 Å². The van der Waals surface area contributed by atoms with E-state index in [0.29, 0.717) is 6.61 Å². The van der Waals surface area contributed by atoms with Gasteiger partial charge in [-0.2, -0.15) is 0 Å².